The van der Waals surface area contributed by atoms with Crippen molar-refractivity contribution >= 4 is 11.6 Å². The van der Waals surface area contributed by atoms with E-state index in [0.717, 1.165) is 63.9 Å². The van der Waals surface area contributed by atoms with E-state index in [4.69, 9.17) is 4.74 Å². The first-order valence-corrected chi connectivity index (χ1v) is 9.44. The van der Waals surface area contributed by atoms with E-state index >= 15 is 0 Å². The molecule has 1 aliphatic heterocycles. The number of hydrogen-bond acceptors (Lipinski definition) is 3. The van der Waals surface area contributed by atoms with Crippen molar-refractivity contribution in [3.63, 3.8) is 0 Å². The van der Waals surface area contributed by atoms with Gasteiger partial charge in [-0.05, 0) is 44.7 Å². The third-order valence-corrected chi connectivity index (χ3v) is 4.37. The number of anilines is 1. The molecule has 1 aliphatic rings. The first kappa shape index (κ1) is 20.4. The number of ether oxygens (including phenoxy) is 1. The van der Waals surface area contributed by atoms with Gasteiger partial charge in [0.2, 0.25) is 0 Å². The van der Waals surface area contributed by atoms with Gasteiger partial charge in [-0.25, -0.2) is 8.78 Å². The van der Waals surface area contributed by atoms with Gasteiger partial charge in [0.05, 0.1) is 0 Å². The summed E-state index contributed by atoms with van der Waals surface area (Å²) in [5.74, 6) is -0.383. The van der Waals surface area contributed by atoms with E-state index < -0.39 is 11.6 Å². The fourth-order valence-corrected chi connectivity index (χ4v) is 2.99. The Hall–Kier alpha value is -1.89. The van der Waals surface area contributed by atoms with Crippen LogP contribution >= 0.6 is 0 Å². The van der Waals surface area contributed by atoms with E-state index in [0.29, 0.717) is 12.5 Å². The van der Waals surface area contributed by atoms with E-state index in [-0.39, 0.29) is 0 Å². The standard InChI is InChI=1S/C19H30F2N4O/c1-3-22-19(23-9-5-11-26-4-2)24-13-15-8-10-25(14-15)16-6-7-17(20)18(21)12-16/h6-7,12,15H,3-5,8-11,13-14H2,1-2H3,(H2,22,23,24). The quantitative estimate of drug-likeness (QED) is 0.400. The lowest BCUT2D eigenvalue weighted by molar-refractivity contribution is 0.145. The number of halogens is 2. The molecule has 0 saturated carbocycles. The van der Waals surface area contributed by atoms with E-state index in [1.807, 2.05) is 13.8 Å². The zero-order valence-corrected chi connectivity index (χ0v) is 15.7. The number of nitrogens with zero attached hydrogens (tertiary/aromatic N) is 2. The monoisotopic (exact) mass is 368 g/mol. The molecule has 7 heteroatoms. The molecule has 0 bridgehead atoms. The van der Waals surface area contributed by atoms with Crippen LogP contribution in [0.3, 0.4) is 0 Å². The Morgan fingerprint density at radius 1 is 1.27 bits per heavy atom. The minimum Gasteiger partial charge on any atom is -0.382 e. The Bertz CT molecular complexity index is 583. The van der Waals surface area contributed by atoms with Gasteiger partial charge in [-0.3, -0.25) is 4.99 Å². The van der Waals surface area contributed by atoms with Crippen molar-refractivity contribution in [2.45, 2.75) is 26.7 Å². The van der Waals surface area contributed by atoms with E-state index in [2.05, 4.69) is 20.5 Å². The molecule has 1 aromatic carbocycles. The molecule has 0 radical (unpaired) electrons. The number of nitrogens with one attached hydrogen (secondary N) is 2. The average molecular weight is 368 g/mol. The second-order valence-corrected chi connectivity index (χ2v) is 6.40. The molecule has 1 heterocycles. The summed E-state index contributed by atoms with van der Waals surface area (Å²) in [6, 6.07) is 4.09. The summed E-state index contributed by atoms with van der Waals surface area (Å²) in [7, 11) is 0. The molecule has 1 saturated heterocycles. The van der Waals surface area contributed by atoms with Crippen LogP contribution in [-0.2, 0) is 4.74 Å². The van der Waals surface area contributed by atoms with Crippen molar-refractivity contribution in [3.05, 3.63) is 29.8 Å². The van der Waals surface area contributed by atoms with E-state index in [1.54, 1.807) is 6.07 Å². The van der Waals surface area contributed by atoms with Crippen molar-refractivity contribution in [3.8, 4) is 0 Å². The molecule has 1 fully saturated rings. The fraction of sp³-hybridized carbons (Fsp3) is 0.632. The van der Waals surface area contributed by atoms with Crippen LogP contribution in [0.4, 0.5) is 14.5 Å². The molecule has 146 valence electrons. The Kier molecular flexibility index (Phi) is 8.61. The van der Waals surface area contributed by atoms with Gasteiger partial charge < -0.3 is 20.3 Å². The topological polar surface area (TPSA) is 48.9 Å². The summed E-state index contributed by atoms with van der Waals surface area (Å²) in [6.07, 6.45) is 1.93. The molecular weight excluding hydrogens is 338 g/mol. The van der Waals surface area contributed by atoms with Crippen molar-refractivity contribution < 1.29 is 13.5 Å². The maximum absolute atomic E-state index is 13.4. The number of rotatable bonds is 9. The number of guanidine groups is 1. The highest BCUT2D eigenvalue weighted by molar-refractivity contribution is 5.79. The van der Waals surface area contributed by atoms with Gasteiger partial charge in [-0.2, -0.15) is 0 Å². The smallest absolute Gasteiger partial charge is 0.191 e. The number of hydrogen-bond donors (Lipinski definition) is 2. The molecule has 1 aromatic rings. The maximum atomic E-state index is 13.4. The predicted octanol–water partition coefficient (Wildman–Crippen LogP) is 2.77. The van der Waals surface area contributed by atoms with Crippen LogP contribution in [0.5, 0.6) is 0 Å². The largest absolute Gasteiger partial charge is 0.382 e. The molecule has 5 nitrogen and oxygen atoms in total. The Labute approximate surface area is 154 Å². The molecule has 2 rings (SSSR count). The molecule has 26 heavy (non-hydrogen) atoms. The van der Waals surface area contributed by atoms with Crippen LogP contribution in [-0.4, -0.2) is 51.9 Å². The van der Waals surface area contributed by atoms with Crippen LogP contribution in [0, 0.1) is 17.6 Å². The van der Waals surface area contributed by atoms with E-state index in [1.165, 1.54) is 12.1 Å². The summed E-state index contributed by atoms with van der Waals surface area (Å²) in [6.45, 7) is 9.49. The zero-order valence-electron chi connectivity index (χ0n) is 15.7. The first-order chi connectivity index (χ1) is 12.6. The predicted molar refractivity (Wildman–Crippen MR) is 102 cm³/mol. The minimum atomic E-state index is -0.806. The Morgan fingerprint density at radius 3 is 2.85 bits per heavy atom. The molecule has 0 amide bonds. The zero-order chi connectivity index (χ0) is 18.8. The van der Waals surface area contributed by atoms with Crippen LogP contribution < -0.4 is 15.5 Å². The second kappa shape index (κ2) is 11.0. The van der Waals surface area contributed by atoms with E-state index in [9.17, 15) is 8.78 Å². The van der Waals surface area contributed by atoms with Gasteiger partial charge in [0, 0.05) is 57.7 Å². The highest BCUT2D eigenvalue weighted by atomic mass is 19.2. The van der Waals surface area contributed by atoms with Crippen LogP contribution in [0.25, 0.3) is 0 Å². The second-order valence-electron chi connectivity index (χ2n) is 6.40. The number of aliphatic imine (C=N–C) groups is 1. The molecular formula is C19H30F2N4O. The van der Waals surface area contributed by atoms with Crippen molar-refractivity contribution in [2.24, 2.45) is 10.9 Å². The average Bonchev–Trinajstić information content (AvgIpc) is 3.10. The molecule has 2 N–H and O–H groups in total. The van der Waals surface area contributed by atoms with Gasteiger partial charge in [0.1, 0.15) is 0 Å². The summed E-state index contributed by atoms with van der Waals surface area (Å²) in [5, 5.41) is 6.56. The van der Waals surface area contributed by atoms with Crippen molar-refractivity contribution in [1.29, 1.82) is 0 Å². The SMILES string of the molecule is CCNC(=NCC1CCN(c2ccc(F)c(F)c2)C1)NCCCOCC. The van der Waals surface area contributed by atoms with Crippen molar-refractivity contribution in [2.75, 3.05) is 50.8 Å². The highest BCUT2D eigenvalue weighted by Gasteiger charge is 2.23. The normalized spacial score (nSPS) is 17.6. The summed E-state index contributed by atoms with van der Waals surface area (Å²) >= 11 is 0. The van der Waals surface area contributed by atoms with Gasteiger partial charge in [0.25, 0.3) is 0 Å². The Balaban J connectivity index is 1.81. The third-order valence-electron chi connectivity index (χ3n) is 4.37. The van der Waals surface area contributed by atoms with Gasteiger partial charge in [-0.1, -0.05) is 0 Å². The first-order valence-electron chi connectivity index (χ1n) is 9.44. The molecule has 0 aliphatic carbocycles. The van der Waals surface area contributed by atoms with Crippen molar-refractivity contribution in [1.82, 2.24) is 10.6 Å². The van der Waals surface area contributed by atoms with Crippen LogP contribution in [0.15, 0.2) is 23.2 Å². The molecule has 1 atom stereocenters. The summed E-state index contributed by atoms with van der Waals surface area (Å²) < 4.78 is 31.8. The summed E-state index contributed by atoms with van der Waals surface area (Å²) in [5.41, 5.74) is 0.733. The highest BCUT2D eigenvalue weighted by Crippen LogP contribution is 2.25. The maximum Gasteiger partial charge on any atom is 0.191 e. The lowest BCUT2D eigenvalue weighted by Crippen LogP contribution is -2.38. The molecule has 0 spiro atoms. The van der Waals surface area contributed by atoms with Crippen LogP contribution in [0.2, 0.25) is 0 Å². The third kappa shape index (κ3) is 6.44. The lowest BCUT2D eigenvalue weighted by Gasteiger charge is -2.18. The van der Waals surface area contributed by atoms with Gasteiger partial charge in [0.15, 0.2) is 17.6 Å². The molecule has 1 unspecified atom stereocenters. The Morgan fingerprint density at radius 2 is 2.12 bits per heavy atom. The van der Waals surface area contributed by atoms with Gasteiger partial charge >= 0.3 is 0 Å². The fourth-order valence-electron chi connectivity index (χ4n) is 2.99. The lowest BCUT2D eigenvalue weighted by atomic mass is 10.1. The van der Waals surface area contributed by atoms with Gasteiger partial charge in [-0.15, -0.1) is 0 Å². The number of benzene rings is 1. The summed E-state index contributed by atoms with van der Waals surface area (Å²) in [4.78, 5) is 6.75. The van der Waals surface area contributed by atoms with Crippen LogP contribution in [0.1, 0.15) is 26.7 Å². The minimum absolute atomic E-state index is 0.405. The molecule has 0 aromatic heterocycles.